The molecule has 0 aliphatic heterocycles. The van der Waals surface area contributed by atoms with Gasteiger partial charge in [0.2, 0.25) is 5.28 Å². The van der Waals surface area contributed by atoms with Crippen LogP contribution in [0.3, 0.4) is 0 Å². The van der Waals surface area contributed by atoms with Gasteiger partial charge < -0.3 is 0 Å². The minimum absolute atomic E-state index is 0.270. The van der Waals surface area contributed by atoms with E-state index in [1.54, 1.807) is 28.5 Å². The molecular formula is C13H10Cl3N5. The van der Waals surface area contributed by atoms with Gasteiger partial charge in [-0.1, -0.05) is 35.3 Å². The van der Waals surface area contributed by atoms with Crippen molar-refractivity contribution in [2.75, 3.05) is 0 Å². The lowest BCUT2D eigenvalue weighted by atomic mass is 10.2. The van der Waals surface area contributed by atoms with Gasteiger partial charge in [0.15, 0.2) is 5.82 Å². The molecule has 0 fully saturated rings. The number of hydrogen-bond acceptors (Lipinski definition) is 3. The standard InChI is InChI=1S/C13H10Cl3N5/c1-20-11(15)6-8(18-20)7-21-13(16)17-12(19-21)9-4-2-3-5-10(9)14/h2-6H,7H2,1H3. The summed E-state index contributed by atoms with van der Waals surface area (Å²) in [6.07, 6.45) is 0. The Morgan fingerprint density at radius 3 is 2.52 bits per heavy atom. The molecule has 2 aromatic heterocycles. The molecule has 0 aliphatic carbocycles. The minimum Gasteiger partial charge on any atom is -0.257 e. The number of benzene rings is 1. The summed E-state index contributed by atoms with van der Waals surface area (Å²) in [7, 11) is 1.77. The van der Waals surface area contributed by atoms with Crippen molar-refractivity contribution >= 4 is 34.8 Å². The third-order valence-electron chi connectivity index (χ3n) is 2.93. The molecule has 0 N–H and O–H groups in total. The molecule has 0 unspecified atom stereocenters. The Morgan fingerprint density at radius 2 is 1.86 bits per heavy atom. The molecule has 0 radical (unpaired) electrons. The summed E-state index contributed by atoms with van der Waals surface area (Å²) in [5.41, 5.74) is 1.49. The minimum atomic E-state index is 0.270. The molecule has 5 nitrogen and oxygen atoms in total. The van der Waals surface area contributed by atoms with Crippen molar-refractivity contribution < 1.29 is 0 Å². The number of rotatable bonds is 3. The third kappa shape index (κ3) is 2.90. The van der Waals surface area contributed by atoms with Crippen molar-refractivity contribution in [2.24, 2.45) is 7.05 Å². The van der Waals surface area contributed by atoms with Gasteiger partial charge in [-0.15, -0.1) is 5.10 Å². The average Bonchev–Trinajstić information content (AvgIpc) is 2.95. The number of halogens is 3. The van der Waals surface area contributed by atoms with Gasteiger partial charge in [0.1, 0.15) is 5.15 Å². The zero-order chi connectivity index (χ0) is 15.0. The quantitative estimate of drug-likeness (QED) is 0.729. The summed E-state index contributed by atoms with van der Waals surface area (Å²) in [6, 6.07) is 9.10. The van der Waals surface area contributed by atoms with E-state index in [9.17, 15) is 0 Å². The Labute approximate surface area is 136 Å². The number of nitrogens with zero attached hydrogens (tertiary/aromatic N) is 5. The van der Waals surface area contributed by atoms with Gasteiger partial charge in [0.05, 0.1) is 17.3 Å². The van der Waals surface area contributed by atoms with E-state index in [1.165, 1.54) is 0 Å². The summed E-state index contributed by atoms with van der Waals surface area (Å²) in [5.74, 6) is 0.479. The maximum absolute atomic E-state index is 6.14. The van der Waals surface area contributed by atoms with E-state index in [0.717, 1.165) is 11.3 Å². The highest BCUT2D eigenvalue weighted by Crippen LogP contribution is 2.26. The van der Waals surface area contributed by atoms with Crippen molar-refractivity contribution in [3.8, 4) is 11.4 Å². The fourth-order valence-corrected chi connectivity index (χ4v) is 2.47. The van der Waals surface area contributed by atoms with Crippen LogP contribution in [0.1, 0.15) is 5.69 Å². The highest BCUT2D eigenvalue weighted by molar-refractivity contribution is 6.33. The monoisotopic (exact) mass is 341 g/mol. The van der Waals surface area contributed by atoms with Crippen molar-refractivity contribution in [1.82, 2.24) is 24.5 Å². The molecule has 108 valence electrons. The summed E-state index contributed by atoms with van der Waals surface area (Å²) in [5, 5.41) is 10.0. The van der Waals surface area contributed by atoms with E-state index in [1.807, 2.05) is 18.2 Å². The molecule has 0 bridgehead atoms. The van der Waals surface area contributed by atoms with Crippen molar-refractivity contribution in [3.63, 3.8) is 0 Å². The maximum Gasteiger partial charge on any atom is 0.221 e. The van der Waals surface area contributed by atoms with Crippen LogP contribution in [-0.2, 0) is 13.6 Å². The van der Waals surface area contributed by atoms with Crippen LogP contribution in [0.25, 0.3) is 11.4 Å². The first-order valence-corrected chi connectivity index (χ1v) is 7.21. The van der Waals surface area contributed by atoms with E-state index < -0.39 is 0 Å². The Balaban J connectivity index is 1.93. The molecule has 21 heavy (non-hydrogen) atoms. The summed E-state index contributed by atoms with van der Waals surface area (Å²) in [6.45, 7) is 0.386. The molecule has 0 saturated carbocycles. The largest absolute Gasteiger partial charge is 0.257 e. The normalized spacial score (nSPS) is 11.0. The average molecular weight is 343 g/mol. The van der Waals surface area contributed by atoms with Crippen LogP contribution in [0.2, 0.25) is 15.5 Å². The lowest BCUT2D eigenvalue weighted by molar-refractivity contribution is 0.651. The highest BCUT2D eigenvalue weighted by Gasteiger charge is 2.14. The van der Waals surface area contributed by atoms with Gasteiger partial charge in [-0.3, -0.25) is 4.68 Å². The first-order chi connectivity index (χ1) is 10.0. The van der Waals surface area contributed by atoms with Gasteiger partial charge in [-0.05, 0) is 23.7 Å². The zero-order valence-corrected chi connectivity index (χ0v) is 13.2. The van der Waals surface area contributed by atoms with Gasteiger partial charge >= 0.3 is 0 Å². The fourth-order valence-electron chi connectivity index (χ4n) is 1.91. The van der Waals surface area contributed by atoms with Crippen molar-refractivity contribution in [3.05, 3.63) is 51.5 Å². The molecule has 2 heterocycles. The van der Waals surface area contributed by atoms with Crippen LogP contribution in [-0.4, -0.2) is 24.5 Å². The summed E-state index contributed by atoms with van der Waals surface area (Å²) in [4.78, 5) is 4.23. The molecule has 8 heteroatoms. The highest BCUT2D eigenvalue weighted by atomic mass is 35.5. The Kier molecular flexibility index (Phi) is 3.89. The lowest BCUT2D eigenvalue weighted by Gasteiger charge is -1.99. The molecule has 0 saturated heterocycles. The van der Waals surface area contributed by atoms with Gasteiger partial charge in [0, 0.05) is 18.7 Å². The second-order valence-corrected chi connectivity index (χ2v) is 5.56. The van der Waals surface area contributed by atoms with E-state index in [0.29, 0.717) is 22.5 Å². The van der Waals surface area contributed by atoms with E-state index in [4.69, 9.17) is 34.8 Å². The van der Waals surface area contributed by atoms with Crippen LogP contribution in [0.4, 0.5) is 0 Å². The lowest BCUT2D eigenvalue weighted by Crippen LogP contribution is -2.03. The summed E-state index contributed by atoms with van der Waals surface area (Å²) >= 11 is 18.2. The molecule has 3 rings (SSSR count). The zero-order valence-electron chi connectivity index (χ0n) is 11.0. The first-order valence-electron chi connectivity index (χ1n) is 6.08. The molecule has 0 atom stereocenters. The maximum atomic E-state index is 6.14. The fraction of sp³-hybridized carbons (Fsp3) is 0.154. The second-order valence-electron chi connectivity index (χ2n) is 4.42. The van der Waals surface area contributed by atoms with E-state index in [-0.39, 0.29) is 5.28 Å². The summed E-state index contributed by atoms with van der Waals surface area (Å²) < 4.78 is 3.13. The van der Waals surface area contributed by atoms with E-state index in [2.05, 4.69) is 15.2 Å². The Morgan fingerprint density at radius 1 is 1.10 bits per heavy atom. The number of aryl methyl sites for hydroxylation is 1. The molecule has 0 amide bonds. The van der Waals surface area contributed by atoms with E-state index >= 15 is 0 Å². The topological polar surface area (TPSA) is 48.5 Å². The van der Waals surface area contributed by atoms with Crippen LogP contribution < -0.4 is 0 Å². The number of aromatic nitrogens is 5. The molecule has 0 aliphatic rings. The third-order valence-corrected chi connectivity index (χ3v) is 3.89. The Hall–Kier alpha value is -1.56. The van der Waals surface area contributed by atoms with Crippen LogP contribution >= 0.6 is 34.8 Å². The molecule has 1 aromatic carbocycles. The van der Waals surface area contributed by atoms with Gasteiger partial charge in [-0.2, -0.15) is 10.1 Å². The van der Waals surface area contributed by atoms with Crippen molar-refractivity contribution in [1.29, 1.82) is 0 Å². The smallest absolute Gasteiger partial charge is 0.221 e. The van der Waals surface area contributed by atoms with Crippen molar-refractivity contribution in [2.45, 2.75) is 6.54 Å². The Bertz CT molecular complexity index is 773. The molecule has 0 spiro atoms. The predicted octanol–water partition coefficient (Wildman–Crippen LogP) is 3.69. The molecular weight excluding hydrogens is 333 g/mol. The number of hydrogen-bond donors (Lipinski definition) is 0. The van der Waals surface area contributed by atoms with Crippen LogP contribution in [0.5, 0.6) is 0 Å². The second kappa shape index (κ2) is 5.67. The van der Waals surface area contributed by atoms with Gasteiger partial charge in [-0.25, -0.2) is 4.68 Å². The molecule has 3 aromatic rings. The first kappa shape index (κ1) is 14.4. The predicted molar refractivity (Wildman–Crippen MR) is 82.8 cm³/mol. The SMILES string of the molecule is Cn1nc(Cn2nc(-c3ccccc3Cl)nc2Cl)cc1Cl. The van der Waals surface area contributed by atoms with Crippen LogP contribution in [0.15, 0.2) is 30.3 Å². The van der Waals surface area contributed by atoms with Gasteiger partial charge in [0.25, 0.3) is 0 Å². The van der Waals surface area contributed by atoms with Crippen LogP contribution in [0, 0.1) is 0 Å².